The molecule has 1 unspecified atom stereocenters. The van der Waals surface area contributed by atoms with Gasteiger partial charge in [0.1, 0.15) is 0 Å². The van der Waals surface area contributed by atoms with E-state index in [9.17, 15) is 14.7 Å². The minimum absolute atomic E-state index is 0.0683. The fraction of sp³-hybridized carbons (Fsp3) is 0.435. The average molecular weight is 494 g/mol. The number of hydrogen-bond donors (Lipinski definition) is 1. The number of likely N-dealkylation sites (tertiary alicyclic amines) is 1. The smallest absolute Gasteiger partial charge is 0.290 e. The molecule has 1 aromatic heterocycles. The second-order valence-corrected chi connectivity index (χ2v) is 10.2. The van der Waals surface area contributed by atoms with E-state index in [1.807, 2.05) is 6.92 Å². The molecule has 2 aliphatic heterocycles. The van der Waals surface area contributed by atoms with Crippen molar-refractivity contribution in [3.63, 3.8) is 0 Å². The Morgan fingerprint density at radius 1 is 1.16 bits per heavy atom. The maximum absolute atomic E-state index is 13.5. The summed E-state index contributed by atoms with van der Waals surface area (Å²) in [5, 5.41) is 12.3. The molecule has 0 saturated carbocycles. The van der Waals surface area contributed by atoms with Crippen LogP contribution in [0.25, 0.3) is 0 Å². The van der Waals surface area contributed by atoms with Crippen molar-refractivity contribution < 1.29 is 14.7 Å². The Morgan fingerprint density at radius 3 is 2.50 bits per heavy atom. The van der Waals surface area contributed by atoms with Crippen molar-refractivity contribution in [1.29, 1.82) is 0 Å². The lowest BCUT2D eigenvalue weighted by atomic mass is 9.95. The summed E-state index contributed by atoms with van der Waals surface area (Å²) in [5.41, 5.74) is 1.29. The monoisotopic (exact) mass is 493 g/mol. The van der Waals surface area contributed by atoms with Crippen LogP contribution in [0.3, 0.4) is 0 Å². The standard InChI is InChI=1S/C23H25Cl2N3O3S/c1-13-22(32-14(2)26-13)20(29)18-19(15-6-7-16(24)17(25)12-15)28(23(31)21(18)30)11-10-27-8-4-3-5-9-27/h6-7,12,19,30H,3-5,8-11H2,1-2H3. The number of ketones is 1. The predicted octanol–water partition coefficient (Wildman–Crippen LogP) is 5.13. The summed E-state index contributed by atoms with van der Waals surface area (Å²) >= 11 is 13.6. The van der Waals surface area contributed by atoms with Gasteiger partial charge in [-0.1, -0.05) is 35.7 Å². The molecule has 0 aliphatic carbocycles. The number of piperidine rings is 1. The fourth-order valence-electron chi connectivity index (χ4n) is 4.44. The molecule has 1 fully saturated rings. The van der Waals surface area contributed by atoms with Gasteiger partial charge in [0.05, 0.1) is 37.2 Å². The van der Waals surface area contributed by atoms with Gasteiger partial charge in [0.25, 0.3) is 5.91 Å². The van der Waals surface area contributed by atoms with E-state index in [1.165, 1.54) is 17.8 Å². The van der Waals surface area contributed by atoms with Crippen molar-refractivity contribution in [2.24, 2.45) is 0 Å². The van der Waals surface area contributed by atoms with Gasteiger partial charge in [-0.3, -0.25) is 9.59 Å². The number of amides is 1. The third-order valence-electron chi connectivity index (χ3n) is 6.02. The Morgan fingerprint density at radius 2 is 1.88 bits per heavy atom. The fourth-order valence-corrected chi connectivity index (χ4v) is 5.62. The number of benzene rings is 1. The molecule has 32 heavy (non-hydrogen) atoms. The van der Waals surface area contributed by atoms with Crippen molar-refractivity contribution in [1.82, 2.24) is 14.8 Å². The number of nitrogens with zero attached hydrogens (tertiary/aromatic N) is 3. The first kappa shape index (κ1) is 23.2. The summed E-state index contributed by atoms with van der Waals surface area (Å²) < 4.78 is 0. The second kappa shape index (κ2) is 9.51. The first-order chi connectivity index (χ1) is 15.3. The van der Waals surface area contributed by atoms with Crippen LogP contribution in [0.5, 0.6) is 0 Å². The average Bonchev–Trinajstić information content (AvgIpc) is 3.24. The van der Waals surface area contributed by atoms with Crippen LogP contribution >= 0.6 is 34.5 Å². The highest BCUT2D eigenvalue weighted by atomic mass is 35.5. The van der Waals surface area contributed by atoms with Crippen molar-refractivity contribution in [3.8, 4) is 0 Å². The van der Waals surface area contributed by atoms with Crippen LogP contribution in [-0.4, -0.2) is 57.8 Å². The number of aliphatic hydroxyl groups excluding tert-OH is 1. The predicted molar refractivity (Wildman–Crippen MR) is 127 cm³/mol. The molecule has 1 atom stereocenters. The molecule has 9 heteroatoms. The first-order valence-electron chi connectivity index (χ1n) is 10.7. The highest BCUT2D eigenvalue weighted by molar-refractivity contribution is 7.14. The molecular formula is C23H25Cl2N3O3S. The third kappa shape index (κ3) is 4.44. The molecule has 1 N–H and O–H groups in total. The van der Waals surface area contributed by atoms with Gasteiger partial charge in [-0.05, 0) is 57.5 Å². The summed E-state index contributed by atoms with van der Waals surface area (Å²) in [5.74, 6) is -1.43. The van der Waals surface area contributed by atoms with E-state index in [1.54, 1.807) is 30.0 Å². The molecule has 0 spiro atoms. The molecule has 0 bridgehead atoms. The lowest BCUT2D eigenvalue weighted by Gasteiger charge is -2.31. The quantitative estimate of drug-likeness (QED) is 0.564. The molecule has 170 valence electrons. The number of rotatable bonds is 6. The zero-order chi connectivity index (χ0) is 23.0. The normalized spacial score (nSPS) is 19.8. The molecule has 1 saturated heterocycles. The number of aryl methyl sites for hydroxylation is 2. The van der Waals surface area contributed by atoms with Gasteiger partial charge in [0, 0.05) is 13.1 Å². The molecule has 4 rings (SSSR count). The lowest BCUT2D eigenvalue weighted by molar-refractivity contribution is -0.129. The summed E-state index contributed by atoms with van der Waals surface area (Å²) in [6.07, 6.45) is 3.50. The number of carbonyl (C=O) groups excluding carboxylic acids is 2. The van der Waals surface area contributed by atoms with E-state index in [0.717, 1.165) is 30.9 Å². The van der Waals surface area contributed by atoms with Gasteiger partial charge < -0.3 is 14.9 Å². The van der Waals surface area contributed by atoms with Gasteiger partial charge in [-0.2, -0.15) is 0 Å². The number of thiazole rings is 1. The van der Waals surface area contributed by atoms with Crippen molar-refractivity contribution in [3.05, 3.63) is 60.7 Å². The van der Waals surface area contributed by atoms with Gasteiger partial charge in [0.2, 0.25) is 5.78 Å². The van der Waals surface area contributed by atoms with Gasteiger partial charge in [-0.15, -0.1) is 11.3 Å². The first-order valence-corrected chi connectivity index (χ1v) is 12.2. The van der Waals surface area contributed by atoms with Crippen LogP contribution in [0.15, 0.2) is 29.5 Å². The Hall–Kier alpha value is -1.93. The topological polar surface area (TPSA) is 73.7 Å². The minimum Gasteiger partial charge on any atom is -0.503 e. The van der Waals surface area contributed by atoms with E-state index < -0.39 is 17.7 Å². The molecule has 3 heterocycles. The number of halogens is 2. The molecule has 6 nitrogen and oxygen atoms in total. The SMILES string of the molecule is Cc1nc(C)c(C(=O)C2=C(O)C(=O)N(CCN3CCCCC3)C2c2ccc(Cl)c(Cl)c2)s1. The summed E-state index contributed by atoms with van der Waals surface area (Å²) in [6.45, 7) is 6.63. The molecular weight excluding hydrogens is 469 g/mol. The Bertz CT molecular complexity index is 1090. The lowest BCUT2D eigenvalue weighted by Crippen LogP contribution is -2.40. The van der Waals surface area contributed by atoms with Crippen LogP contribution in [0, 0.1) is 13.8 Å². The van der Waals surface area contributed by atoms with Crippen LogP contribution in [0.4, 0.5) is 0 Å². The number of carbonyl (C=O) groups is 2. The van der Waals surface area contributed by atoms with Gasteiger partial charge in [-0.25, -0.2) is 4.98 Å². The summed E-state index contributed by atoms with van der Waals surface area (Å²) in [4.78, 5) is 35.3. The summed E-state index contributed by atoms with van der Waals surface area (Å²) in [6, 6.07) is 4.31. The number of hydrogen-bond acceptors (Lipinski definition) is 6. The zero-order valence-corrected chi connectivity index (χ0v) is 20.4. The van der Waals surface area contributed by atoms with E-state index in [4.69, 9.17) is 23.2 Å². The maximum Gasteiger partial charge on any atom is 0.290 e. The zero-order valence-electron chi connectivity index (χ0n) is 18.0. The van der Waals surface area contributed by atoms with Crippen molar-refractivity contribution in [2.75, 3.05) is 26.2 Å². The van der Waals surface area contributed by atoms with Crippen molar-refractivity contribution in [2.45, 2.75) is 39.2 Å². The van der Waals surface area contributed by atoms with Crippen molar-refractivity contribution >= 4 is 46.2 Å². The largest absolute Gasteiger partial charge is 0.503 e. The van der Waals surface area contributed by atoms with E-state index in [0.29, 0.717) is 39.3 Å². The van der Waals surface area contributed by atoms with Gasteiger partial charge >= 0.3 is 0 Å². The number of aromatic nitrogens is 1. The second-order valence-electron chi connectivity index (χ2n) is 8.22. The van der Waals surface area contributed by atoms with Gasteiger partial charge in [0.15, 0.2) is 5.76 Å². The maximum atomic E-state index is 13.5. The van der Waals surface area contributed by atoms with E-state index in [-0.39, 0.29) is 11.4 Å². The number of Topliss-reactive ketones (excluding diaryl/α,β-unsaturated/α-hetero) is 1. The molecule has 0 radical (unpaired) electrons. The third-order valence-corrected chi connectivity index (χ3v) is 7.83. The molecule has 1 aromatic carbocycles. The molecule has 2 aliphatic rings. The van der Waals surface area contributed by atoms with E-state index >= 15 is 0 Å². The Balaban J connectivity index is 1.72. The minimum atomic E-state index is -0.739. The molecule has 2 aromatic rings. The highest BCUT2D eigenvalue weighted by Crippen LogP contribution is 2.41. The Labute approximate surface area is 201 Å². The van der Waals surface area contributed by atoms with Crippen LogP contribution in [0.1, 0.15) is 51.2 Å². The highest BCUT2D eigenvalue weighted by Gasteiger charge is 2.44. The summed E-state index contributed by atoms with van der Waals surface area (Å²) in [7, 11) is 0. The molecule has 1 amide bonds. The van der Waals surface area contributed by atoms with Crippen LogP contribution in [0.2, 0.25) is 10.0 Å². The van der Waals surface area contributed by atoms with Crippen LogP contribution in [-0.2, 0) is 4.79 Å². The number of aliphatic hydroxyl groups is 1. The van der Waals surface area contributed by atoms with E-state index in [2.05, 4.69) is 9.88 Å². The Kier molecular flexibility index (Phi) is 6.91. The van der Waals surface area contributed by atoms with Crippen LogP contribution < -0.4 is 0 Å².